The molecule has 1 saturated heterocycles. The van der Waals surface area contributed by atoms with Gasteiger partial charge in [-0.25, -0.2) is 0 Å². The molecule has 1 heterocycles. The molecule has 69 heavy (non-hydrogen) atoms. The predicted octanol–water partition coefficient (Wildman–Crippen LogP) is 13.8. The van der Waals surface area contributed by atoms with Gasteiger partial charge in [0.1, 0.15) is 24.4 Å². The molecular weight excluding hydrogens is 863 g/mol. The highest BCUT2D eigenvalue weighted by molar-refractivity contribution is 5.76. The second-order valence-corrected chi connectivity index (χ2v) is 19.3. The summed E-state index contributed by atoms with van der Waals surface area (Å²) in [6.45, 7) is 3.65. The van der Waals surface area contributed by atoms with E-state index < -0.39 is 49.5 Å². The Kier molecular flexibility index (Phi) is 45.7. The van der Waals surface area contributed by atoms with Crippen LogP contribution in [0, 0.1) is 0 Å². The first-order chi connectivity index (χ1) is 33.8. The molecule has 0 aromatic carbocycles. The fourth-order valence-corrected chi connectivity index (χ4v) is 8.47. The van der Waals surface area contributed by atoms with Crippen molar-refractivity contribution < 1.29 is 39.8 Å². The molecule has 0 saturated carbocycles. The highest BCUT2D eigenvalue weighted by atomic mass is 16.7. The number of rotatable bonds is 47. The number of carbonyl (C=O) groups excluding carboxylic acids is 1. The molecule has 9 nitrogen and oxygen atoms in total. The molecule has 0 bridgehead atoms. The number of allylic oxidation sites excluding steroid dienone is 13. The number of aliphatic hydroxyl groups excluding tert-OH is 5. The molecule has 0 aliphatic carbocycles. The van der Waals surface area contributed by atoms with Crippen LogP contribution in [-0.2, 0) is 14.3 Å². The Bertz CT molecular complexity index is 1350. The van der Waals surface area contributed by atoms with Crippen molar-refractivity contribution in [3.05, 3.63) is 85.1 Å². The van der Waals surface area contributed by atoms with Crippen LogP contribution in [0.1, 0.15) is 232 Å². The lowest BCUT2D eigenvalue weighted by Gasteiger charge is -2.40. The zero-order valence-corrected chi connectivity index (χ0v) is 44.0. The SMILES string of the molecule is CC/C=C\C/C=C\C/C=C\C/C=C\CCCCCCCCCCCCCCCCC(=O)NC(COC1OC(CO)C(O)C(O)C1O)C(O)/C=C/CC/C=C/CC/C=C/CCCCCCCCCCC. The van der Waals surface area contributed by atoms with E-state index >= 15 is 0 Å². The van der Waals surface area contributed by atoms with Crippen molar-refractivity contribution in [1.82, 2.24) is 5.32 Å². The molecule has 1 aliphatic rings. The Morgan fingerprint density at radius 2 is 0.913 bits per heavy atom. The summed E-state index contributed by atoms with van der Waals surface area (Å²) in [4.78, 5) is 13.0. The molecular formula is C60H105NO8. The lowest BCUT2D eigenvalue weighted by atomic mass is 9.99. The van der Waals surface area contributed by atoms with Crippen LogP contribution in [0.25, 0.3) is 0 Å². The summed E-state index contributed by atoms with van der Waals surface area (Å²) in [6.07, 6.45) is 62.1. The molecule has 6 N–H and O–H groups in total. The number of amides is 1. The molecule has 9 heteroatoms. The quantitative estimate of drug-likeness (QED) is 0.0261. The van der Waals surface area contributed by atoms with Gasteiger partial charge in [0.05, 0.1) is 25.4 Å². The molecule has 1 rings (SSSR count). The average Bonchev–Trinajstić information content (AvgIpc) is 3.35. The number of carbonyl (C=O) groups is 1. The van der Waals surface area contributed by atoms with Crippen molar-refractivity contribution in [3.8, 4) is 0 Å². The minimum absolute atomic E-state index is 0.194. The first kappa shape index (κ1) is 64.4. The Labute approximate surface area is 422 Å². The van der Waals surface area contributed by atoms with Crippen LogP contribution in [0.5, 0.6) is 0 Å². The van der Waals surface area contributed by atoms with Gasteiger partial charge in [-0.15, -0.1) is 0 Å². The van der Waals surface area contributed by atoms with E-state index in [4.69, 9.17) is 9.47 Å². The molecule has 0 radical (unpaired) electrons. The first-order valence-corrected chi connectivity index (χ1v) is 28.3. The highest BCUT2D eigenvalue weighted by Gasteiger charge is 2.44. The summed E-state index contributed by atoms with van der Waals surface area (Å²) >= 11 is 0. The van der Waals surface area contributed by atoms with E-state index in [9.17, 15) is 30.3 Å². The average molecular weight is 968 g/mol. The Morgan fingerprint density at radius 1 is 0.507 bits per heavy atom. The molecule has 1 aliphatic heterocycles. The summed E-state index contributed by atoms with van der Waals surface area (Å²) in [5, 5.41) is 54.5. The third kappa shape index (κ3) is 38.7. The number of ether oxygens (including phenoxy) is 2. The van der Waals surface area contributed by atoms with Gasteiger partial charge in [-0.1, -0.05) is 227 Å². The molecule has 7 unspecified atom stereocenters. The normalized spacial score (nSPS) is 20.1. The van der Waals surface area contributed by atoms with Crippen molar-refractivity contribution >= 4 is 5.91 Å². The van der Waals surface area contributed by atoms with Gasteiger partial charge in [-0.05, 0) is 83.5 Å². The zero-order chi connectivity index (χ0) is 50.1. The maximum Gasteiger partial charge on any atom is 0.220 e. The molecule has 1 amide bonds. The smallest absolute Gasteiger partial charge is 0.220 e. The van der Waals surface area contributed by atoms with Crippen LogP contribution in [0.4, 0.5) is 0 Å². The van der Waals surface area contributed by atoms with Gasteiger partial charge in [-0.3, -0.25) is 4.79 Å². The van der Waals surface area contributed by atoms with Gasteiger partial charge in [0.2, 0.25) is 5.91 Å². The number of hydrogen-bond donors (Lipinski definition) is 6. The minimum atomic E-state index is -1.58. The van der Waals surface area contributed by atoms with Gasteiger partial charge in [0, 0.05) is 6.42 Å². The lowest BCUT2D eigenvalue weighted by molar-refractivity contribution is -0.302. The minimum Gasteiger partial charge on any atom is -0.394 e. The van der Waals surface area contributed by atoms with Gasteiger partial charge in [0.25, 0.3) is 0 Å². The zero-order valence-electron chi connectivity index (χ0n) is 44.0. The summed E-state index contributed by atoms with van der Waals surface area (Å²) in [5.41, 5.74) is 0. The summed E-state index contributed by atoms with van der Waals surface area (Å²) in [7, 11) is 0. The van der Waals surface area contributed by atoms with Crippen molar-refractivity contribution in [1.29, 1.82) is 0 Å². The van der Waals surface area contributed by atoms with Crippen molar-refractivity contribution in [2.24, 2.45) is 0 Å². The maximum atomic E-state index is 13.0. The van der Waals surface area contributed by atoms with Crippen LogP contribution in [-0.4, -0.2) is 87.5 Å². The standard InChI is InChI=1S/C60H105NO8/c1-3-5-7-9-11-13-15-17-19-21-23-24-25-26-27-28-29-30-32-34-36-38-40-42-44-46-48-50-56(64)61-53(52-68-60-59(67)58(66)57(65)55(51-62)69-60)54(63)49-47-45-43-41-39-37-35-33-31-22-20-18-16-14-12-10-8-6-4-2/h5,7,11,13,17,19,23-24,31,33,39,41,47,49,53-55,57-60,62-63,65-67H,3-4,6,8-10,12,14-16,18,20-22,25-30,32,34-38,40,42-46,48,50-52H2,1-2H3,(H,61,64)/b7-5-,13-11-,19-17-,24-23-,33-31+,41-39+,49-47+. The van der Waals surface area contributed by atoms with Gasteiger partial charge in [0.15, 0.2) is 6.29 Å². The molecule has 0 aromatic heterocycles. The highest BCUT2D eigenvalue weighted by Crippen LogP contribution is 2.23. The number of aliphatic hydroxyl groups is 5. The van der Waals surface area contributed by atoms with Crippen molar-refractivity contribution in [2.45, 2.75) is 275 Å². The van der Waals surface area contributed by atoms with Gasteiger partial charge < -0.3 is 40.3 Å². The van der Waals surface area contributed by atoms with E-state index in [0.717, 1.165) is 70.6 Å². The summed E-state index contributed by atoms with van der Waals surface area (Å²) < 4.78 is 11.2. The number of hydrogen-bond acceptors (Lipinski definition) is 8. The van der Waals surface area contributed by atoms with Crippen LogP contribution in [0.2, 0.25) is 0 Å². The molecule has 0 spiro atoms. The fourth-order valence-electron chi connectivity index (χ4n) is 8.47. The molecule has 7 atom stereocenters. The van der Waals surface area contributed by atoms with E-state index in [-0.39, 0.29) is 12.5 Å². The largest absolute Gasteiger partial charge is 0.394 e. The van der Waals surface area contributed by atoms with Crippen LogP contribution < -0.4 is 5.32 Å². The first-order valence-electron chi connectivity index (χ1n) is 28.3. The van der Waals surface area contributed by atoms with E-state index in [2.05, 4.69) is 92.1 Å². The van der Waals surface area contributed by atoms with E-state index in [0.29, 0.717) is 6.42 Å². The lowest BCUT2D eigenvalue weighted by Crippen LogP contribution is -2.60. The third-order valence-electron chi connectivity index (χ3n) is 12.9. The predicted molar refractivity (Wildman–Crippen MR) is 290 cm³/mol. The van der Waals surface area contributed by atoms with Crippen molar-refractivity contribution in [3.63, 3.8) is 0 Å². The van der Waals surface area contributed by atoms with Crippen LogP contribution in [0.3, 0.4) is 0 Å². The van der Waals surface area contributed by atoms with E-state index in [1.54, 1.807) is 6.08 Å². The maximum absolute atomic E-state index is 13.0. The number of nitrogens with one attached hydrogen (secondary N) is 1. The second-order valence-electron chi connectivity index (χ2n) is 19.3. The van der Waals surface area contributed by atoms with Gasteiger partial charge in [-0.2, -0.15) is 0 Å². The van der Waals surface area contributed by atoms with E-state index in [1.807, 2.05) is 6.08 Å². The molecule has 398 valence electrons. The van der Waals surface area contributed by atoms with Crippen LogP contribution in [0.15, 0.2) is 85.1 Å². The monoisotopic (exact) mass is 968 g/mol. The summed E-state index contributed by atoms with van der Waals surface area (Å²) in [6, 6.07) is -0.833. The topological polar surface area (TPSA) is 149 Å². The second kappa shape index (κ2) is 49.0. The molecule has 0 aromatic rings. The molecule has 1 fully saturated rings. The van der Waals surface area contributed by atoms with Crippen LogP contribution >= 0.6 is 0 Å². The Balaban J connectivity index is 2.25. The van der Waals surface area contributed by atoms with Gasteiger partial charge >= 0.3 is 0 Å². The summed E-state index contributed by atoms with van der Waals surface area (Å²) in [5.74, 6) is -0.194. The fraction of sp³-hybridized carbons (Fsp3) is 0.750. The van der Waals surface area contributed by atoms with Crippen molar-refractivity contribution in [2.75, 3.05) is 13.2 Å². The number of unbranched alkanes of at least 4 members (excludes halogenated alkanes) is 25. The van der Waals surface area contributed by atoms with E-state index in [1.165, 1.54) is 141 Å². The third-order valence-corrected chi connectivity index (χ3v) is 12.9. The Hall–Kier alpha value is -2.63. The Morgan fingerprint density at radius 3 is 1.39 bits per heavy atom.